The molecule has 328 valence electrons. The van der Waals surface area contributed by atoms with Gasteiger partial charge in [0.15, 0.2) is 17.4 Å². The molecule has 3 aliphatic rings. The van der Waals surface area contributed by atoms with E-state index in [2.05, 4.69) is 41.3 Å². The number of nitrogens with zero attached hydrogens (tertiary/aromatic N) is 9. The van der Waals surface area contributed by atoms with Crippen LogP contribution >= 0.6 is 12.1 Å². The maximum absolute atomic E-state index is 15.3. The van der Waals surface area contributed by atoms with Crippen molar-refractivity contribution >= 4 is 58.0 Å². The Balaban J connectivity index is 0.839. The molecule has 0 saturated carbocycles. The molecule has 5 aromatic rings. The first-order valence-electron chi connectivity index (χ1n) is 21.1. The van der Waals surface area contributed by atoms with Crippen LogP contribution in [0.2, 0.25) is 0 Å². The largest absolute Gasteiger partial charge is 0.453 e. The molecular formula is C44H48F2N12O4S. The van der Waals surface area contributed by atoms with Gasteiger partial charge in [-0.1, -0.05) is 13.0 Å². The Morgan fingerprint density at radius 2 is 1.84 bits per heavy atom. The van der Waals surface area contributed by atoms with E-state index in [0.29, 0.717) is 79.5 Å². The Morgan fingerprint density at radius 1 is 1.00 bits per heavy atom. The molecule has 3 amide bonds. The molecule has 5 heterocycles. The molecule has 3 saturated heterocycles. The number of amides is 3. The summed E-state index contributed by atoms with van der Waals surface area (Å²) in [6.45, 7) is 6.99. The molecule has 8 rings (SSSR count). The molecule has 2 aromatic heterocycles. The number of nitrogens with one attached hydrogen (secondary N) is 3. The number of anilines is 3. The zero-order valence-electron chi connectivity index (χ0n) is 35.0. The van der Waals surface area contributed by atoms with E-state index in [-0.39, 0.29) is 47.0 Å². The number of benzene rings is 3. The van der Waals surface area contributed by atoms with E-state index in [0.717, 1.165) is 38.0 Å². The predicted octanol–water partition coefficient (Wildman–Crippen LogP) is 5.82. The number of rotatable bonds is 13. The molecule has 0 aliphatic carbocycles. The summed E-state index contributed by atoms with van der Waals surface area (Å²) in [5.74, 6) is -1.04. The number of carbonyl (C=O) groups excluding carboxylic acids is 3. The van der Waals surface area contributed by atoms with E-state index in [4.69, 9.17) is 9.72 Å². The van der Waals surface area contributed by atoms with Crippen LogP contribution in [0.3, 0.4) is 0 Å². The van der Waals surface area contributed by atoms with E-state index < -0.39 is 17.8 Å². The van der Waals surface area contributed by atoms with Crippen molar-refractivity contribution in [1.29, 1.82) is 5.26 Å². The van der Waals surface area contributed by atoms with Crippen molar-refractivity contribution in [3.63, 3.8) is 0 Å². The average molecular weight is 879 g/mol. The van der Waals surface area contributed by atoms with Crippen molar-refractivity contribution in [2.75, 3.05) is 74.3 Å². The zero-order chi connectivity index (χ0) is 44.0. The van der Waals surface area contributed by atoms with E-state index >= 15 is 8.78 Å². The van der Waals surface area contributed by atoms with Crippen LogP contribution in [-0.4, -0.2) is 117 Å². The summed E-state index contributed by atoms with van der Waals surface area (Å²) >= 11 is 1.29. The average Bonchev–Trinajstić information content (AvgIpc) is 3.65. The minimum absolute atomic E-state index is 0.0268. The number of aromatic nitrogens is 4. The summed E-state index contributed by atoms with van der Waals surface area (Å²) in [5.41, 5.74) is 3.57. The number of ether oxygens (including phenoxy) is 1. The van der Waals surface area contributed by atoms with Crippen molar-refractivity contribution in [2.45, 2.75) is 51.0 Å². The normalized spacial score (nSPS) is 17.7. The SMILES string of the molecule is CCN(C)SNc1ccc(F)c(Oc2ccc3ncc(-n4cc(N5CCCN(C(=O)CN6CCC(c7ccc(NC8CCC(=O)NC8=O)cc7F)CC6)CC5)cn4)nc3c2)c1C#N. The standard InChI is InChI=1S/C44H48F2N12O4S/c1-3-54(2)63-53-36-10-8-34(45)43(33(36)23-47)62-31-6-9-37-39(22-31)51-40(25-48-37)58-26-30(24-49-58)56-15-4-16-57(20-19-56)42(60)27-55-17-13-28(14-18-55)32-7-5-29(21-35(32)46)50-38-11-12-41(59)52-44(38)61/h5-10,21-22,24-26,28,38,50,53H,3-4,11-20,27H2,1-2H3,(H,52,59,61). The molecule has 3 aliphatic heterocycles. The Labute approximate surface area is 367 Å². The summed E-state index contributed by atoms with van der Waals surface area (Å²) in [7, 11) is 1.89. The monoisotopic (exact) mass is 878 g/mol. The summed E-state index contributed by atoms with van der Waals surface area (Å²) in [4.78, 5) is 52.7. The third kappa shape index (κ3) is 10.1. The van der Waals surface area contributed by atoms with E-state index in [1.807, 2.05) is 29.4 Å². The highest BCUT2D eigenvalue weighted by Crippen LogP contribution is 2.36. The van der Waals surface area contributed by atoms with Crippen LogP contribution in [0.25, 0.3) is 16.9 Å². The number of hydrogen-bond acceptors (Lipinski definition) is 14. The minimum atomic E-state index is -0.671. The van der Waals surface area contributed by atoms with Gasteiger partial charge in [-0.15, -0.1) is 0 Å². The Kier molecular flexibility index (Phi) is 13.3. The van der Waals surface area contributed by atoms with Crippen LogP contribution in [0.5, 0.6) is 11.5 Å². The van der Waals surface area contributed by atoms with Gasteiger partial charge in [0.1, 0.15) is 29.2 Å². The predicted molar refractivity (Wildman–Crippen MR) is 235 cm³/mol. The summed E-state index contributed by atoms with van der Waals surface area (Å²) in [6.07, 6.45) is 8.11. The number of fused-ring (bicyclic) bond motifs is 1. The second-order valence-electron chi connectivity index (χ2n) is 15.8. The molecule has 19 heteroatoms. The first-order chi connectivity index (χ1) is 30.5. The van der Waals surface area contributed by atoms with Crippen LogP contribution in [-0.2, 0) is 14.4 Å². The quantitative estimate of drug-likeness (QED) is 0.0953. The molecule has 3 fully saturated rings. The van der Waals surface area contributed by atoms with Gasteiger partial charge in [0.2, 0.25) is 17.7 Å². The van der Waals surface area contributed by atoms with Gasteiger partial charge in [0, 0.05) is 63.0 Å². The molecule has 1 atom stereocenters. The highest BCUT2D eigenvalue weighted by atomic mass is 32.2. The van der Waals surface area contributed by atoms with Gasteiger partial charge in [0.05, 0.1) is 47.5 Å². The fourth-order valence-electron chi connectivity index (χ4n) is 8.02. The third-order valence-corrected chi connectivity index (χ3v) is 12.6. The second-order valence-corrected chi connectivity index (χ2v) is 16.8. The van der Waals surface area contributed by atoms with Gasteiger partial charge in [-0.25, -0.2) is 22.8 Å². The van der Waals surface area contributed by atoms with Gasteiger partial charge in [-0.2, -0.15) is 10.4 Å². The lowest BCUT2D eigenvalue weighted by Crippen LogP contribution is -2.47. The summed E-state index contributed by atoms with van der Waals surface area (Å²) < 4.78 is 42.9. The van der Waals surface area contributed by atoms with Gasteiger partial charge < -0.3 is 24.6 Å². The molecule has 0 radical (unpaired) electrons. The Hall–Kier alpha value is -6.36. The van der Waals surface area contributed by atoms with Crippen LogP contribution in [0.1, 0.15) is 56.1 Å². The summed E-state index contributed by atoms with van der Waals surface area (Å²) in [5, 5.41) is 19.8. The second kappa shape index (κ2) is 19.4. The number of hydrogen-bond donors (Lipinski definition) is 3. The van der Waals surface area contributed by atoms with E-state index in [1.54, 1.807) is 47.4 Å². The van der Waals surface area contributed by atoms with Gasteiger partial charge in [-0.3, -0.25) is 29.6 Å². The highest BCUT2D eigenvalue weighted by molar-refractivity contribution is 7.98. The lowest BCUT2D eigenvalue weighted by atomic mass is 9.89. The van der Waals surface area contributed by atoms with Gasteiger partial charge in [0.25, 0.3) is 0 Å². The van der Waals surface area contributed by atoms with Crippen LogP contribution in [0.15, 0.2) is 67.1 Å². The minimum Gasteiger partial charge on any atom is -0.453 e. The lowest BCUT2D eigenvalue weighted by Gasteiger charge is -2.33. The van der Waals surface area contributed by atoms with Crippen LogP contribution in [0.4, 0.5) is 25.8 Å². The molecule has 3 N–H and O–H groups in total. The van der Waals surface area contributed by atoms with E-state index in [1.165, 1.54) is 30.3 Å². The molecule has 63 heavy (non-hydrogen) atoms. The number of carbonyl (C=O) groups is 3. The number of nitriles is 1. The van der Waals surface area contributed by atoms with Gasteiger partial charge in [-0.05, 0) is 93.7 Å². The molecular weight excluding hydrogens is 831 g/mol. The topological polar surface area (TPSA) is 177 Å². The van der Waals surface area contributed by atoms with Crippen molar-refractivity contribution in [2.24, 2.45) is 0 Å². The smallest absolute Gasteiger partial charge is 0.249 e. The van der Waals surface area contributed by atoms with Crippen molar-refractivity contribution in [3.8, 4) is 23.4 Å². The van der Waals surface area contributed by atoms with E-state index in [9.17, 15) is 19.6 Å². The summed E-state index contributed by atoms with van der Waals surface area (Å²) in [6, 6.07) is 14.2. The number of imide groups is 1. The van der Waals surface area contributed by atoms with Crippen molar-refractivity contribution < 1.29 is 27.9 Å². The molecule has 0 spiro atoms. The Bertz CT molecular complexity index is 2540. The first-order valence-corrected chi connectivity index (χ1v) is 21.8. The van der Waals surface area contributed by atoms with Crippen molar-refractivity contribution in [1.82, 2.24) is 39.2 Å². The third-order valence-electron chi connectivity index (χ3n) is 11.7. The first kappa shape index (κ1) is 43.3. The maximum atomic E-state index is 15.3. The molecule has 0 bridgehead atoms. The fraction of sp³-hybridized carbons (Fsp3) is 0.386. The number of piperidine rings is 2. The zero-order valence-corrected chi connectivity index (χ0v) is 35.8. The number of likely N-dealkylation sites (tertiary alicyclic amines) is 1. The number of halogens is 2. The highest BCUT2D eigenvalue weighted by Gasteiger charge is 2.29. The maximum Gasteiger partial charge on any atom is 0.249 e. The van der Waals surface area contributed by atoms with Gasteiger partial charge >= 0.3 is 0 Å². The van der Waals surface area contributed by atoms with Crippen LogP contribution < -0.4 is 25.0 Å². The van der Waals surface area contributed by atoms with Crippen LogP contribution in [0, 0.1) is 23.0 Å². The molecule has 1 unspecified atom stereocenters. The molecule has 3 aromatic carbocycles. The lowest BCUT2D eigenvalue weighted by molar-refractivity contribution is -0.134. The fourth-order valence-corrected chi connectivity index (χ4v) is 8.57. The Morgan fingerprint density at radius 3 is 2.62 bits per heavy atom. The van der Waals surface area contributed by atoms with Crippen molar-refractivity contribution in [3.05, 3.63) is 89.9 Å². The molecule has 16 nitrogen and oxygen atoms in total.